The highest BCUT2D eigenvalue weighted by Gasteiger charge is 2.28. The monoisotopic (exact) mass is 547 g/mol. The van der Waals surface area contributed by atoms with Gasteiger partial charge >= 0.3 is 5.97 Å². The zero-order valence-electron chi connectivity index (χ0n) is 20.5. The molecule has 3 N–H and O–H groups in total. The molecular weight excluding hydrogens is 518 g/mol. The van der Waals surface area contributed by atoms with Gasteiger partial charge in [0.05, 0.1) is 17.0 Å². The number of fused-ring (bicyclic) bond motifs is 1. The number of hydrogen-bond donors (Lipinski definition) is 3. The molecule has 186 valence electrons. The third-order valence-electron chi connectivity index (χ3n) is 6.11. The molecule has 0 saturated carbocycles. The van der Waals surface area contributed by atoms with Crippen LogP contribution in [-0.2, 0) is 22.4 Å². The number of rotatable bonds is 10. The minimum Gasteiger partial charge on any atom is -0.481 e. The number of hydrogen-bond acceptors (Lipinski definition) is 4. The Labute approximate surface area is 220 Å². The molecule has 0 spiro atoms. The van der Waals surface area contributed by atoms with Crippen molar-refractivity contribution in [2.24, 2.45) is 0 Å². The fourth-order valence-electron chi connectivity index (χ4n) is 4.31. The SMILES string of the molecule is CN(C)CCCc1cccc(NC(=C2C(=O)Nc3cc(Br)ccc32)c2ccc(CCC(=O)O)cc2)c1. The predicted octanol–water partition coefficient (Wildman–Crippen LogP) is 5.89. The van der Waals surface area contributed by atoms with Crippen LogP contribution < -0.4 is 10.6 Å². The van der Waals surface area contributed by atoms with Crippen LogP contribution in [0.1, 0.15) is 35.1 Å². The number of carboxylic acids is 1. The van der Waals surface area contributed by atoms with Gasteiger partial charge in [-0.25, -0.2) is 0 Å². The van der Waals surface area contributed by atoms with Crippen LogP contribution in [0.2, 0.25) is 0 Å². The molecule has 36 heavy (non-hydrogen) atoms. The van der Waals surface area contributed by atoms with Crippen LogP contribution in [0.5, 0.6) is 0 Å². The van der Waals surface area contributed by atoms with E-state index < -0.39 is 5.97 Å². The summed E-state index contributed by atoms with van der Waals surface area (Å²) in [6.45, 7) is 1.02. The molecule has 1 amide bonds. The third-order valence-corrected chi connectivity index (χ3v) is 6.61. The van der Waals surface area contributed by atoms with E-state index in [0.29, 0.717) is 17.7 Å². The Morgan fingerprint density at radius 1 is 1.00 bits per heavy atom. The maximum absolute atomic E-state index is 13.2. The lowest BCUT2D eigenvalue weighted by Gasteiger charge is -2.16. The summed E-state index contributed by atoms with van der Waals surface area (Å²) in [6, 6.07) is 21.8. The molecule has 1 aliphatic heterocycles. The first-order valence-corrected chi connectivity index (χ1v) is 12.8. The van der Waals surface area contributed by atoms with Gasteiger partial charge in [-0.1, -0.05) is 58.4 Å². The maximum atomic E-state index is 13.2. The topological polar surface area (TPSA) is 81.7 Å². The molecule has 0 fully saturated rings. The Bertz CT molecular complexity index is 1300. The lowest BCUT2D eigenvalue weighted by molar-refractivity contribution is -0.137. The van der Waals surface area contributed by atoms with Crippen molar-refractivity contribution in [3.8, 4) is 0 Å². The summed E-state index contributed by atoms with van der Waals surface area (Å²) in [6.07, 6.45) is 2.57. The Balaban J connectivity index is 1.71. The summed E-state index contributed by atoms with van der Waals surface area (Å²) in [5.74, 6) is -0.984. The second kappa shape index (κ2) is 11.5. The third kappa shape index (κ3) is 6.42. The quantitative estimate of drug-likeness (QED) is 0.275. The van der Waals surface area contributed by atoms with Gasteiger partial charge < -0.3 is 20.6 Å². The van der Waals surface area contributed by atoms with Crippen LogP contribution >= 0.6 is 15.9 Å². The highest BCUT2D eigenvalue weighted by molar-refractivity contribution is 9.10. The molecule has 0 radical (unpaired) electrons. The van der Waals surface area contributed by atoms with E-state index in [0.717, 1.165) is 51.9 Å². The number of halogens is 1. The van der Waals surface area contributed by atoms with Crippen LogP contribution in [0.25, 0.3) is 11.3 Å². The van der Waals surface area contributed by atoms with Crippen molar-refractivity contribution in [3.63, 3.8) is 0 Å². The normalized spacial score (nSPS) is 13.9. The fourth-order valence-corrected chi connectivity index (χ4v) is 4.67. The van der Waals surface area contributed by atoms with Gasteiger partial charge in [0.15, 0.2) is 0 Å². The molecule has 0 unspecified atom stereocenters. The molecule has 3 aromatic rings. The van der Waals surface area contributed by atoms with Crippen LogP contribution in [-0.4, -0.2) is 42.5 Å². The average Bonchev–Trinajstić information content (AvgIpc) is 3.16. The van der Waals surface area contributed by atoms with E-state index in [1.165, 1.54) is 5.56 Å². The Kier molecular flexibility index (Phi) is 8.23. The minimum atomic E-state index is -0.820. The van der Waals surface area contributed by atoms with Gasteiger partial charge in [0.25, 0.3) is 5.91 Å². The number of carboxylic acid groups (broad SMARTS) is 1. The number of aliphatic carboxylic acids is 1. The van der Waals surface area contributed by atoms with E-state index in [-0.39, 0.29) is 12.3 Å². The van der Waals surface area contributed by atoms with Crippen LogP contribution in [0.3, 0.4) is 0 Å². The van der Waals surface area contributed by atoms with Crippen LogP contribution in [0.15, 0.2) is 71.2 Å². The molecule has 4 rings (SSSR count). The molecule has 0 bridgehead atoms. The predicted molar refractivity (Wildman–Crippen MR) is 149 cm³/mol. The van der Waals surface area contributed by atoms with Crippen molar-refractivity contribution >= 4 is 50.5 Å². The highest BCUT2D eigenvalue weighted by Crippen LogP contribution is 2.39. The second-order valence-corrected chi connectivity index (χ2v) is 10.1. The molecule has 3 aromatic carbocycles. The van der Waals surface area contributed by atoms with Crippen LogP contribution in [0, 0.1) is 0 Å². The molecule has 0 aliphatic carbocycles. The van der Waals surface area contributed by atoms with Gasteiger partial charge in [0.2, 0.25) is 0 Å². The second-order valence-electron chi connectivity index (χ2n) is 9.22. The molecule has 0 atom stereocenters. The fraction of sp³-hybridized carbons (Fsp3) is 0.241. The Hall–Kier alpha value is -3.42. The first kappa shape index (κ1) is 25.7. The number of anilines is 2. The first-order valence-electron chi connectivity index (χ1n) is 12.0. The number of amides is 1. The lowest BCUT2D eigenvalue weighted by atomic mass is 9.98. The van der Waals surface area contributed by atoms with E-state index in [2.05, 4.69) is 57.7 Å². The molecule has 1 aliphatic rings. The van der Waals surface area contributed by atoms with Crippen molar-refractivity contribution < 1.29 is 14.7 Å². The van der Waals surface area contributed by atoms with E-state index >= 15 is 0 Å². The summed E-state index contributed by atoms with van der Waals surface area (Å²) >= 11 is 3.48. The van der Waals surface area contributed by atoms with Gasteiger partial charge in [0.1, 0.15) is 0 Å². The molecule has 6 nitrogen and oxygen atoms in total. The molecule has 0 saturated heterocycles. The zero-order valence-corrected chi connectivity index (χ0v) is 22.1. The Morgan fingerprint density at radius 3 is 2.50 bits per heavy atom. The summed E-state index contributed by atoms with van der Waals surface area (Å²) in [4.78, 5) is 26.3. The Morgan fingerprint density at radius 2 is 1.78 bits per heavy atom. The first-order chi connectivity index (χ1) is 17.3. The summed E-state index contributed by atoms with van der Waals surface area (Å²) < 4.78 is 0.894. The lowest BCUT2D eigenvalue weighted by Crippen LogP contribution is -2.13. The van der Waals surface area contributed by atoms with Crippen molar-refractivity contribution in [2.75, 3.05) is 31.3 Å². The number of nitrogens with zero attached hydrogens (tertiary/aromatic N) is 1. The van der Waals surface area contributed by atoms with Gasteiger partial charge in [-0.2, -0.15) is 0 Å². The standard InChI is InChI=1S/C29H30BrN3O3/c1-33(2)16-4-6-20-5-3-7-23(17-20)31-28(21-11-8-19(9-12-21)10-15-26(34)35)27-24-14-13-22(30)18-25(24)32-29(27)36/h3,5,7-9,11-14,17-18,31H,4,6,10,15-16H2,1-2H3,(H,32,36)(H,34,35). The smallest absolute Gasteiger partial charge is 0.303 e. The number of carbonyl (C=O) groups excluding carboxylic acids is 1. The van der Waals surface area contributed by atoms with Crippen molar-refractivity contribution in [1.29, 1.82) is 0 Å². The molecule has 7 heteroatoms. The van der Waals surface area contributed by atoms with Gasteiger partial charge in [0, 0.05) is 22.1 Å². The molecular formula is C29H30BrN3O3. The van der Waals surface area contributed by atoms with E-state index in [1.54, 1.807) is 0 Å². The molecule has 0 aromatic heterocycles. The largest absolute Gasteiger partial charge is 0.481 e. The number of benzene rings is 3. The molecule has 1 heterocycles. The van der Waals surface area contributed by atoms with Crippen LogP contribution in [0.4, 0.5) is 11.4 Å². The zero-order chi connectivity index (χ0) is 25.7. The van der Waals surface area contributed by atoms with Crippen molar-refractivity contribution in [1.82, 2.24) is 4.90 Å². The van der Waals surface area contributed by atoms with Gasteiger partial charge in [-0.15, -0.1) is 0 Å². The summed E-state index contributed by atoms with van der Waals surface area (Å²) in [7, 11) is 4.15. The minimum absolute atomic E-state index is 0.0802. The van der Waals surface area contributed by atoms with E-state index in [4.69, 9.17) is 5.11 Å². The van der Waals surface area contributed by atoms with Gasteiger partial charge in [-0.05, 0) is 80.9 Å². The summed E-state index contributed by atoms with van der Waals surface area (Å²) in [5.41, 5.74) is 6.82. The van der Waals surface area contributed by atoms with Crippen molar-refractivity contribution in [3.05, 3.63) is 93.5 Å². The number of carbonyl (C=O) groups is 2. The number of aryl methyl sites for hydroxylation is 2. The van der Waals surface area contributed by atoms with Gasteiger partial charge in [-0.3, -0.25) is 9.59 Å². The van der Waals surface area contributed by atoms with E-state index in [1.807, 2.05) is 54.6 Å². The van der Waals surface area contributed by atoms with E-state index in [9.17, 15) is 9.59 Å². The maximum Gasteiger partial charge on any atom is 0.303 e. The highest BCUT2D eigenvalue weighted by atomic mass is 79.9. The average molecular weight is 548 g/mol. The summed E-state index contributed by atoms with van der Waals surface area (Å²) in [5, 5.41) is 15.5. The number of nitrogens with one attached hydrogen (secondary N) is 2. The van der Waals surface area contributed by atoms with Crippen molar-refractivity contribution in [2.45, 2.75) is 25.7 Å².